The van der Waals surface area contributed by atoms with E-state index >= 15 is 0 Å². The van der Waals surface area contributed by atoms with Gasteiger partial charge >= 0.3 is 5.97 Å². The fourth-order valence-electron chi connectivity index (χ4n) is 1.35. The van der Waals surface area contributed by atoms with E-state index in [1.54, 1.807) is 0 Å². The molecule has 0 fully saturated rings. The Morgan fingerprint density at radius 3 is 2.88 bits per heavy atom. The number of nitrogens with zero attached hydrogens (tertiary/aromatic N) is 1. The number of methoxy groups -OCH3 is 1. The lowest BCUT2D eigenvalue weighted by Crippen LogP contribution is -2.17. The van der Waals surface area contributed by atoms with Crippen LogP contribution < -0.4 is 10.3 Å². The lowest BCUT2D eigenvalue weighted by atomic mass is 10.2. The van der Waals surface area contributed by atoms with Crippen LogP contribution in [-0.2, 0) is 0 Å². The highest BCUT2D eigenvalue weighted by molar-refractivity contribution is 5.92. The lowest BCUT2D eigenvalue weighted by Gasteiger charge is -2.02. The van der Waals surface area contributed by atoms with Crippen LogP contribution in [0.2, 0.25) is 0 Å². The van der Waals surface area contributed by atoms with Gasteiger partial charge in [-0.2, -0.15) is 0 Å². The molecular formula is C10H8N2O4. The molecule has 2 N–H and O–H groups in total. The molecule has 0 aliphatic rings. The standard InChI is InChI=1S/C10H8N2O4/c1-16-8-3-7-5(4-11-8)2-6(10(14)15)9(13)12-7/h2-4H,1H3,(H,12,13)(H,14,15). The Hall–Kier alpha value is -2.37. The van der Waals surface area contributed by atoms with Gasteiger partial charge in [-0.25, -0.2) is 9.78 Å². The molecule has 0 aliphatic carbocycles. The highest BCUT2D eigenvalue weighted by Crippen LogP contribution is 2.15. The predicted molar refractivity (Wildman–Crippen MR) is 55.9 cm³/mol. The number of H-pyrrole nitrogens is 1. The van der Waals surface area contributed by atoms with Crippen molar-refractivity contribution in [3.05, 3.63) is 34.2 Å². The third-order valence-electron chi connectivity index (χ3n) is 2.14. The fraction of sp³-hybridized carbons (Fsp3) is 0.100. The maximum Gasteiger partial charge on any atom is 0.341 e. The van der Waals surface area contributed by atoms with Crippen molar-refractivity contribution in [3.63, 3.8) is 0 Å². The van der Waals surface area contributed by atoms with Crippen molar-refractivity contribution in [3.8, 4) is 5.88 Å². The van der Waals surface area contributed by atoms with Crippen molar-refractivity contribution in [2.45, 2.75) is 0 Å². The molecule has 0 atom stereocenters. The van der Waals surface area contributed by atoms with Crippen molar-refractivity contribution in [2.75, 3.05) is 7.11 Å². The Labute approximate surface area is 89.5 Å². The SMILES string of the molecule is COc1cc2[nH]c(=O)c(C(=O)O)cc2cn1. The van der Waals surface area contributed by atoms with Gasteiger partial charge in [0, 0.05) is 17.6 Å². The first-order valence-electron chi connectivity index (χ1n) is 4.42. The molecule has 0 unspecified atom stereocenters. The Balaban J connectivity index is 2.74. The lowest BCUT2D eigenvalue weighted by molar-refractivity contribution is 0.0695. The van der Waals surface area contributed by atoms with E-state index < -0.39 is 11.5 Å². The number of aromatic carboxylic acids is 1. The third-order valence-corrected chi connectivity index (χ3v) is 2.14. The van der Waals surface area contributed by atoms with Gasteiger partial charge in [0.25, 0.3) is 5.56 Å². The van der Waals surface area contributed by atoms with E-state index in [-0.39, 0.29) is 5.56 Å². The molecule has 0 aromatic carbocycles. The Morgan fingerprint density at radius 2 is 2.25 bits per heavy atom. The van der Waals surface area contributed by atoms with Crippen LogP contribution in [0.5, 0.6) is 5.88 Å². The molecule has 0 saturated heterocycles. The fourth-order valence-corrected chi connectivity index (χ4v) is 1.35. The second-order valence-electron chi connectivity index (χ2n) is 3.13. The Morgan fingerprint density at radius 1 is 1.50 bits per heavy atom. The summed E-state index contributed by atoms with van der Waals surface area (Å²) in [5.41, 5.74) is -0.463. The molecule has 6 nitrogen and oxygen atoms in total. The molecule has 16 heavy (non-hydrogen) atoms. The summed E-state index contributed by atoms with van der Waals surface area (Å²) in [4.78, 5) is 28.5. The van der Waals surface area contributed by atoms with Gasteiger partial charge in [-0.3, -0.25) is 4.79 Å². The van der Waals surface area contributed by atoms with Gasteiger partial charge < -0.3 is 14.8 Å². The van der Waals surface area contributed by atoms with Crippen LogP contribution >= 0.6 is 0 Å². The summed E-state index contributed by atoms with van der Waals surface area (Å²) in [6, 6.07) is 2.81. The normalized spacial score (nSPS) is 10.3. The number of carboxylic acids is 1. The smallest absolute Gasteiger partial charge is 0.341 e. The van der Waals surface area contributed by atoms with Crippen LogP contribution in [0, 0.1) is 0 Å². The first kappa shape index (κ1) is 10.2. The molecule has 2 rings (SSSR count). The Kier molecular flexibility index (Phi) is 2.32. The van der Waals surface area contributed by atoms with Crippen molar-refractivity contribution < 1.29 is 14.6 Å². The van der Waals surface area contributed by atoms with E-state index in [1.807, 2.05) is 0 Å². The minimum absolute atomic E-state index is 0.306. The molecule has 2 aromatic heterocycles. The highest BCUT2D eigenvalue weighted by atomic mass is 16.5. The summed E-state index contributed by atoms with van der Waals surface area (Å²) >= 11 is 0. The number of hydrogen-bond acceptors (Lipinski definition) is 4. The molecule has 6 heteroatoms. The maximum atomic E-state index is 11.4. The predicted octanol–water partition coefficient (Wildman–Crippen LogP) is 0.630. The van der Waals surface area contributed by atoms with Gasteiger partial charge in [0.1, 0.15) is 5.56 Å². The number of carboxylic acid groups (broad SMARTS) is 1. The molecule has 2 aromatic rings. The van der Waals surface area contributed by atoms with E-state index in [0.717, 1.165) is 0 Å². The van der Waals surface area contributed by atoms with Crippen LogP contribution in [0.25, 0.3) is 10.9 Å². The van der Waals surface area contributed by atoms with Crippen molar-refractivity contribution in [1.82, 2.24) is 9.97 Å². The minimum Gasteiger partial charge on any atom is -0.481 e. The van der Waals surface area contributed by atoms with Crippen molar-refractivity contribution in [2.24, 2.45) is 0 Å². The zero-order valence-corrected chi connectivity index (χ0v) is 8.35. The second-order valence-corrected chi connectivity index (χ2v) is 3.13. The minimum atomic E-state index is -1.26. The van der Waals surface area contributed by atoms with Crippen LogP contribution in [0.3, 0.4) is 0 Å². The molecule has 0 saturated carbocycles. The number of aromatic nitrogens is 2. The number of fused-ring (bicyclic) bond motifs is 1. The van der Waals surface area contributed by atoms with Gasteiger partial charge in [0.05, 0.1) is 12.6 Å². The monoisotopic (exact) mass is 220 g/mol. The van der Waals surface area contributed by atoms with Gasteiger partial charge in [0.15, 0.2) is 0 Å². The van der Waals surface area contributed by atoms with Crippen LogP contribution in [0.4, 0.5) is 0 Å². The first-order valence-corrected chi connectivity index (χ1v) is 4.42. The zero-order valence-electron chi connectivity index (χ0n) is 8.35. The quantitative estimate of drug-likeness (QED) is 0.774. The largest absolute Gasteiger partial charge is 0.481 e. The van der Waals surface area contributed by atoms with E-state index in [0.29, 0.717) is 16.8 Å². The van der Waals surface area contributed by atoms with Crippen molar-refractivity contribution >= 4 is 16.9 Å². The second kappa shape index (κ2) is 3.65. The molecular weight excluding hydrogens is 212 g/mol. The molecule has 0 radical (unpaired) electrons. The highest BCUT2D eigenvalue weighted by Gasteiger charge is 2.10. The van der Waals surface area contributed by atoms with Gasteiger partial charge in [-0.15, -0.1) is 0 Å². The number of carbonyl (C=O) groups is 1. The summed E-state index contributed by atoms with van der Waals surface area (Å²) in [7, 11) is 1.46. The maximum absolute atomic E-state index is 11.4. The number of hydrogen-bond donors (Lipinski definition) is 2. The molecule has 0 aliphatic heterocycles. The summed E-state index contributed by atoms with van der Waals surface area (Å²) in [6.45, 7) is 0. The van der Waals surface area contributed by atoms with Crippen molar-refractivity contribution in [1.29, 1.82) is 0 Å². The number of nitrogens with one attached hydrogen (secondary N) is 1. The molecule has 0 bridgehead atoms. The average molecular weight is 220 g/mol. The number of pyridine rings is 2. The van der Waals surface area contributed by atoms with E-state index in [2.05, 4.69) is 9.97 Å². The van der Waals surface area contributed by atoms with Gasteiger partial charge in [-0.05, 0) is 6.07 Å². The number of ether oxygens (including phenoxy) is 1. The van der Waals surface area contributed by atoms with Crippen LogP contribution in [0.15, 0.2) is 23.1 Å². The van der Waals surface area contributed by atoms with E-state index in [9.17, 15) is 9.59 Å². The molecule has 82 valence electrons. The average Bonchev–Trinajstić information content (AvgIpc) is 2.27. The molecule has 2 heterocycles. The molecule has 0 amide bonds. The number of aromatic amines is 1. The number of rotatable bonds is 2. The van der Waals surface area contributed by atoms with E-state index in [1.165, 1.54) is 25.4 Å². The summed E-state index contributed by atoms with van der Waals surface area (Å²) < 4.78 is 4.89. The topological polar surface area (TPSA) is 92.3 Å². The van der Waals surface area contributed by atoms with Crippen LogP contribution in [-0.4, -0.2) is 28.2 Å². The first-order chi connectivity index (χ1) is 7.61. The van der Waals surface area contributed by atoms with E-state index in [4.69, 9.17) is 9.84 Å². The van der Waals surface area contributed by atoms with Gasteiger partial charge in [-0.1, -0.05) is 0 Å². The van der Waals surface area contributed by atoms with Crippen LogP contribution in [0.1, 0.15) is 10.4 Å². The third kappa shape index (κ3) is 1.60. The Bertz CT molecular complexity index is 618. The van der Waals surface area contributed by atoms with Gasteiger partial charge in [0.2, 0.25) is 5.88 Å². The zero-order chi connectivity index (χ0) is 11.7. The summed E-state index contributed by atoms with van der Waals surface area (Å²) in [6.07, 6.45) is 1.44. The molecule has 0 spiro atoms. The summed E-state index contributed by atoms with van der Waals surface area (Å²) in [5.74, 6) is -0.912. The summed E-state index contributed by atoms with van der Waals surface area (Å²) in [5, 5.41) is 9.30.